The molecule has 0 spiro atoms. The van der Waals surface area contributed by atoms with E-state index in [1.165, 1.54) is 51.4 Å². The molecule has 2 aromatic heterocycles. The number of carbonyl (C=O) groups excluding carboxylic acids is 1. The fourth-order valence-electron chi connectivity index (χ4n) is 3.62. The predicted molar refractivity (Wildman–Crippen MR) is 119 cm³/mol. The topological polar surface area (TPSA) is 107 Å². The lowest BCUT2D eigenvalue weighted by Gasteiger charge is -2.20. The molecule has 1 aromatic carbocycles. The summed E-state index contributed by atoms with van der Waals surface area (Å²) in [6, 6.07) is 5.46. The molecule has 0 N–H and O–H groups in total. The van der Waals surface area contributed by atoms with Gasteiger partial charge in [0.05, 0.1) is 17.7 Å². The van der Waals surface area contributed by atoms with Gasteiger partial charge in [-0.1, -0.05) is 12.8 Å². The zero-order valence-electron chi connectivity index (χ0n) is 17.5. The van der Waals surface area contributed by atoms with E-state index in [1.54, 1.807) is 11.6 Å². The first-order chi connectivity index (χ1) is 15.4. The number of nitrogens with zero attached hydrogens (tertiary/aromatic N) is 3. The SMILES string of the molecule is COc1ccc(S(=O)(=O)N2CCCCCC2)cc1C(=O)OCc1cc(=O)n2ccsc2n1. The third kappa shape index (κ3) is 4.54. The molecule has 0 unspecified atom stereocenters. The highest BCUT2D eigenvalue weighted by atomic mass is 32.2. The highest BCUT2D eigenvalue weighted by Gasteiger charge is 2.27. The minimum atomic E-state index is -3.74. The summed E-state index contributed by atoms with van der Waals surface area (Å²) in [5, 5.41) is 1.74. The molecule has 4 rings (SSSR count). The molecule has 3 aromatic rings. The Labute approximate surface area is 189 Å². The van der Waals surface area contributed by atoms with E-state index in [2.05, 4.69) is 4.98 Å². The second kappa shape index (κ2) is 9.39. The number of hydrogen-bond acceptors (Lipinski definition) is 8. The maximum Gasteiger partial charge on any atom is 0.342 e. The molecule has 9 nitrogen and oxygen atoms in total. The van der Waals surface area contributed by atoms with E-state index >= 15 is 0 Å². The lowest BCUT2D eigenvalue weighted by molar-refractivity contribution is 0.0464. The number of aromatic nitrogens is 2. The number of rotatable bonds is 6. The fourth-order valence-corrected chi connectivity index (χ4v) is 5.90. The van der Waals surface area contributed by atoms with Gasteiger partial charge >= 0.3 is 5.97 Å². The average molecular weight is 478 g/mol. The Morgan fingerprint density at radius 2 is 1.91 bits per heavy atom. The van der Waals surface area contributed by atoms with Crippen LogP contribution in [-0.4, -0.2) is 48.3 Å². The van der Waals surface area contributed by atoms with Gasteiger partial charge in [-0.15, -0.1) is 11.3 Å². The van der Waals surface area contributed by atoms with Crippen LogP contribution >= 0.6 is 11.3 Å². The van der Waals surface area contributed by atoms with Crippen molar-refractivity contribution in [1.82, 2.24) is 13.7 Å². The van der Waals surface area contributed by atoms with Gasteiger partial charge in [-0.3, -0.25) is 9.20 Å². The molecule has 0 radical (unpaired) electrons. The molecule has 170 valence electrons. The number of carbonyl (C=O) groups is 1. The van der Waals surface area contributed by atoms with E-state index in [9.17, 15) is 18.0 Å². The second-order valence-electron chi connectivity index (χ2n) is 7.40. The molecule has 1 aliphatic heterocycles. The number of sulfonamides is 1. The molecule has 32 heavy (non-hydrogen) atoms. The maximum atomic E-state index is 13.1. The van der Waals surface area contributed by atoms with Crippen molar-refractivity contribution in [3.63, 3.8) is 0 Å². The Morgan fingerprint density at radius 1 is 1.16 bits per heavy atom. The van der Waals surface area contributed by atoms with Gasteiger partial charge in [0.25, 0.3) is 5.56 Å². The summed E-state index contributed by atoms with van der Waals surface area (Å²) in [6.45, 7) is 0.690. The Kier molecular flexibility index (Phi) is 6.58. The normalized spacial score (nSPS) is 15.4. The average Bonchev–Trinajstić information content (AvgIpc) is 3.09. The molecule has 11 heteroatoms. The highest BCUT2D eigenvalue weighted by molar-refractivity contribution is 7.89. The second-order valence-corrected chi connectivity index (χ2v) is 10.2. The van der Waals surface area contributed by atoms with E-state index in [1.807, 2.05) is 0 Å². The van der Waals surface area contributed by atoms with Crippen molar-refractivity contribution in [2.45, 2.75) is 37.2 Å². The highest BCUT2D eigenvalue weighted by Crippen LogP contribution is 2.27. The zero-order chi connectivity index (χ0) is 22.7. The largest absolute Gasteiger partial charge is 0.496 e. The Morgan fingerprint density at radius 3 is 2.62 bits per heavy atom. The minimum Gasteiger partial charge on any atom is -0.496 e. The van der Waals surface area contributed by atoms with Crippen molar-refractivity contribution in [2.24, 2.45) is 0 Å². The van der Waals surface area contributed by atoms with Gasteiger partial charge < -0.3 is 9.47 Å². The van der Waals surface area contributed by atoms with Crippen LogP contribution in [0.1, 0.15) is 41.7 Å². The number of ether oxygens (including phenoxy) is 2. The third-order valence-electron chi connectivity index (χ3n) is 5.30. The molecule has 3 heterocycles. The summed E-state index contributed by atoms with van der Waals surface area (Å²) in [7, 11) is -2.35. The number of hydrogen-bond donors (Lipinski definition) is 0. The third-order valence-corrected chi connectivity index (χ3v) is 7.95. The van der Waals surface area contributed by atoms with Crippen molar-refractivity contribution in [1.29, 1.82) is 0 Å². The van der Waals surface area contributed by atoms with Crippen LogP contribution in [0, 0.1) is 0 Å². The van der Waals surface area contributed by atoms with E-state index in [0.29, 0.717) is 23.7 Å². The molecule has 1 saturated heterocycles. The van der Waals surface area contributed by atoms with Crippen LogP contribution in [-0.2, 0) is 21.4 Å². The molecule has 1 aliphatic rings. The number of fused-ring (bicyclic) bond motifs is 1. The lowest BCUT2D eigenvalue weighted by Crippen LogP contribution is -2.32. The maximum absolute atomic E-state index is 13.1. The summed E-state index contributed by atoms with van der Waals surface area (Å²) in [4.78, 5) is 29.7. The van der Waals surface area contributed by atoms with Crippen LogP contribution in [0.3, 0.4) is 0 Å². The van der Waals surface area contributed by atoms with Crippen molar-refractivity contribution in [3.8, 4) is 5.75 Å². The molecule has 0 saturated carbocycles. The summed E-state index contributed by atoms with van der Waals surface area (Å²) >= 11 is 1.29. The number of benzene rings is 1. The van der Waals surface area contributed by atoms with E-state index in [0.717, 1.165) is 25.7 Å². The smallest absolute Gasteiger partial charge is 0.342 e. The quantitative estimate of drug-likeness (QED) is 0.502. The molecule has 0 bridgehead atoms. The summed E-state index contributed by atoms with van der Waals surface area (Å²) in [5.41, 5.74) is 0.0286. The van der Waals surface area contributed by atoms with Crippen LogP contribution in [0.5, 0.6) is 5.75 Å². The first kappa shape index (κ1) is 22.4. The molecule has 0 amide bonds. The Bertz CT molecular complexity index is 1290. The summed E-state index contributed by atoms with van der Waals surface area (Å²) < 4.78 is 39.7. The number of thiazole rings is 1. The van der Waals surface area contributed by atoms with Crippen molar-refractivity contribution in [2.75, 3.05) is 20.2 Å². The number of esters is 1. The van der Waals surface area contributed by atoms with Gasteiger partial charge in [0, 0.05) is 30.7 Å². The predicted octanol–water partition coefficient (Wildman–Crippen LogP) is 2.69. The fraction of sp³-hybridized carbons (Fsp3) is 0.381. The zero-order valence-corrected chi connectivity index (χ0v) is 19.2. The first-order valence-corrected chi connectivity index (χ1v) is 12.5. The van der Waals surface area contributed by atoms with Gasteiger partial charge in [0.1, 0.15) is 17.9 Å². The van der Waals surface area contributed by atoms with Crippen molar-refractivity contribution < 1.29 is 22.7 Å². The molecular formula is C21H23N3O6S2. The van der Waals surface area contributed by atoms with Gasteiger partial charge in [-0.25, -0.2) is 18.2 Å². The van der Waals surface area contributed by atoms with Gasteiger partial charge in [-0.05, 0) is 31.0 Å². The minimum absolute atomic E-state index is 0.00248. The Hall–Kier alpha value is -2.76. The van der Waals surface area contributed by atoms with Crippen LogP contribution < -0.4 is 10.3 Å². The van der Waals surface area contributed by atoms with Gasteiger partial charge in [0.2, 0.25) is 10.0 Å². The molecule has 0 aliphatic carbocycles. The van der Waals surface area contributed by atoms with Gasteiger partial charge in [-0.2, -0.15) is 4.31 Å². The van der Waals surface area contributed by atoms with Gasteiger partial charge in [0.15, 0.2) is 4.96 Å². The lowest BCUT2D eigenvalue weighted by atomic mass is 10.2. The van der Waals surface area contributed by atoms with Crippen LogP contribution in [0.4, 0.5) is 0 Å². The molecule has 1 fully saturated rings. The molecular weight excluding hydrogens is 454 g/mol. The van der Waals surface area contributed by atoms with E-state index in [4.69, 9.17) is 9.47 Å². The van der Waals surface area contributed by atoms with Crippen LogP contribution in [0.15, 0.2) is 45.5 Å². The monoisotopic (exact) mass is 477 g/mol. The van der Waals surface area contributed by atoms with Crippen LogP contribution in [0.2, 0.25) is 0 Å². The molecule has 0 atom stereocenters. The van der Waals surface area contributed by atoms with E-state index in [-0.39, 0.29) is 28.4 Å². The van der Waals surface area contributed by atoms with Crippen molar-refractivity contribution in [3.05, 3.63) is 57.5 Å². The summed E-state index contributed by atoms with van der Waals surface area (Å²) in [6.07, 6.45) is 5.24. The first-order valence-electron chi connectivity index (χ1n) is 10.2. The summed E-state index contributed by atoms with van der Waals surface area (Å²) in [5.74, 6) is -0.561. The van der Waals surface area contributed by atoms with E-state index < -0.39 is 16.0 Å². The standard InChI is InChI=1S/C21H23N3O6S2/c1-29-18-7-6-16(32(27,28)23-8-4-2-3-5-9-23)13-17(18)20(26)30-14-15-12-19(25)24-10-11-31-21(24)22-15/h6-7,10-13H,2-5,8-9,14H2,1H3. The van der Waals surface area contributed by atoms with Crippen molar-refractivity contribution >= 4 is 32.3 Å². The van der Waals surface area contributed by atoms with Crippen LogP contribution in [0.25, 0.3) is 4.96 Å². The Balaban J connectivity index is 1.57. The number of methoxy groups -OCH3 is 1.